The van der Waals surface area contributed by atoms with Crippen molar-refractivity contribution >= 4 is 5.91 Å². The van der Waals surface area contributed by atoms with E-state index >= 15 is 0 Å². The minimum atomic E-state index is -0.318. The van der Waals surface area contributed by atoms with Crippen LogP contribution in [0.1, 0.15) is 38.8 Å². The number of amides is 1. The fourth-order valence-electron chi connectivity index (χ4n) is 4.02. The quantitative estimate of drug-likeness (QED) is 0.541. The average Bonchev–Trinajstić information content (AvgIpc) is 3.30. The van der Waals surface area contributed by atoms with E-state index < -0.39 is 0 Å². The van der Waals surface area contributed by atoms with E-state index in [0.717, 1.165) is 22.3 Å². The number of aromatic hydroxyl groups is 1. The molecule has 0 spiro atoms. The predicted molar refractivity (Wildman–Crippen MR) is 113 cm³/mol. The summed E-state index contributed by atoms with van der Waals surface area (Å²) in [6.45, 7) is 2.46. The minimum absolute atomic E-state index is 0.117. The Labute approximate surface area is 173 Å². The molecule has 0 saturated heterocycles. The number of nitrogens with zero attached hydrogens (tertiary/aromatic N) is 3. The summed E-state index contributed by atoms with van der Waals surface area (Å²) in [4.78, 5) is 19.4. The van der Waals surface area contributed by atoms with Crippen molar-refractivity contribution in [1.82, 2.24) is 20.1 Å². The number of aryl methyl sites for hydroxylation is 1. The van der Waals surface area contributed by atoms with Crippen LogP contribution in [0.25, 0.3) is 11.3 Å². The van der Waals surface area contributed by atoms with Crippen LogP contribution in [0.2, 0.25) is 0 Å². The second-order valence-electron chi connectivity index (χ2n) is 7.49. The van der Waals surface area contributed by atoms with Crippen molar-refractivity contribution in [3.05, 3.63) is 101 Å². The summed E-state index contributed by atoms with van der Waals surface area (Å²) in [5.74, 6) is 0.0150. The molecule has 6 heteroatoms. The van der Waals surface area contributed by atoms with Crippen LogP contribution in [-0.4, -0.2) is 31.1 Å². The summed E-state index contributed by atoms with van der Waals surface area (Å²) in [6.07, 6.45) is 3.49. The Kier molecular flexibility index (Phi) is 4.32. The van der Waals surface area contributed by atoms with Crippen LogP contribution in [-0.2, 0) is 6.54 Å². The molecule has 0 fully saturated rings. The normalized spacial score (nSPS) is 15.4. The second kappa shape index (κ2) is 7.15. The number of phenols is 1. The fraction of sp³-hybridized carbons (Fsp3) is 0.125. The molecule has 0 saturated carbocycles. The Morgan fingerprint density at radius 1 is 1.07 bits per heavy atom. The summed E-state index contributed by atoms with van der Waals surface area (Å²) in [7, 11) is 0. The van der Waals surface area contributed by atoms with E-state index in [0.29, 0.717) is 23.5 Å². The van der Waals surface area contributed by atoms with Crippen LogP contribution < -0.4 is 0 Å². The topological polar surface area (TPSA) is 82.1 Å². The lowest BCUT2D eigenvalue weighted by Gasteiger charge is -2.26. The van der Waals surface area contributed by atoms with E-state index in [4.69, 9.17) is 0 Å². The molecule has 2 aromatic heterocycles. The van der Waals surface area contributed by atoms with Crippen LogP contribution >= 0.6 is 0 Å². The number of pyridine rings is 1. The molecule has 2 N–H and O–H groups in total. The number of rotatable bonds is 4. The highest BCUT2D eigenvalue weighted by molar-refractivity contribution is 6.00. The number of H-pyrrole nitrogens is 1. The highest BCUT2D eigenvalue weighted by Gasteiger charge is 2.42. The molecule has 1 amide bonds. The van der Waals surface area contributed by atoms with Gasteiger partial charge in [-0.2, -0.15) is 5.10 Å². The van der Waals surface area contributed by atoms with E-state index in [1.165, 1.54) is 0 Å². The molecule has 2 aromatic carbocycles. The zero-order valence-corrected chi connectivity index (χ0v) is 16.4. The monoisotopic (exact) mass is 396 g/mol. The Hall–Kier alpha value is -3.93. The number of carbonyl (C=O) groups excluding carboxylic acids is 1. The number of benzene rings is 2. The molecule has 1 atom stereocenters. The van der Waals surface area contributed by atoms with Gasteiger partial charge in [-0.15, -0.1) is 0 Å². The number of carbonyl (C=O) groups is 1. The van der Waals surface area contributed by atoms with E-state index in [2.05, 4.69) is 15.2 Å². The number of phenolic OH excluding ortho intramolecular Hbond substituents is 1. The van der Waals surface area contributed by atoms with Gasteiger partial charge in [0, 0.05) is 30.1 Å². The van der Waals surface area contributed by atoms with Gasteiger partial charge < -0.3 is 10.0 Å². The molecule has 1 aliphatic rings. The number of aromatic amines is 1. The molecule has 6 nitrogen and oxygen atoms in total. The molecule has 30 heavy (non-hydrogen) atoms. The fourth-order valence-corrected chi connectivity index (χ4v) is 4.02. The van der Waals surface area contributed by atoms with Crippen LogP contribution in [0.4, 0.5) is 0 Å². The Morgan fingerprint density at radius 3 is 2.60 bits per heavy atom. The van der Waals surface area contributed by atoms with E-state index in [-0.39, 0.29) is 17.7 Å². The molecular weight excluding hydrogens is 376 g/mol. The maximum atomic E-state index is 13.4. The lowest BCUT2D eigenvalue weighted by Crippen LogP contribution is -2.29. The lowest BCUT2D eigenvalue weighted by atomic mass is 9.95. The first-order valence-corrected chi connectivity index (χ1v) is 9.76. The summed E-state index contributed by atoms with van der Waals surface area (Å²) in [5.41, 5.74) is 5.53. The standard InChI is InChI=1S/C24H20N4O2/c1-15-8-10-17(11-9-15)23-20-21(18-6-2-3-7-19(18)29)26-27-22(20)24(30)28(23)14-16-5-4-12-25-13-16/h2-13,23,29H,14H2,1H3,(H,26,27)/t23-/m0/s1. The van der Waals surface area contributed by atoms with Gasteiger partial charge in [-0.1, -0.05) is 48.0 Å². The average molecular weight is 396 g/mol. The van der Waals surface area contributed by atoms with Gasteiger partial charge in [-0.25, -0.2) is 0 Å². The van der Waals surface area contributed by atoms with Gasteiger partial charge in [-0.05, 0) is 36.2 Å². The van der Waals surface area contributed by atoms with Crippen LogP contribution in [0, 0.1) is 6.92 Å². The van der Waals surface area contributed by atoms with E-state index in [1.54, 1.807) is 24.5 Å². The molecule has 0 unspecified atom stereocenters. The highest BCUT2D eigenvalue weighted by Crippen LogP contribution is 2.44. The Morgan fingerprint density at radius 2 is 1.87 bits per heavy atom. The Balaban J connectivity index is 1.67. The molecule has 5 rings (SSSR count). The SMILES string of the molecule is Cc1ccc([C@H]2c3c(-c4ccccc4O)n[nH]c3C(=O)N2Cc2cccnc2)cc1. The molecule has 4 aromatic rings. The largest absolute Gasteiger partial charge is 0.507 e. The van der Waals surface area contributed by atoms with Gasteiger partial charge in [0.05, 0.1) is 6.04 Å². The first-order chi connectivity index (χ1) is 14.6. The van der Waals surface area contributed by atoms with Crippen molar-refractivity contribution in [2.24, 2.45) is 0 Å². The molecule has 0 bridgehead atoms. The van der Waals surface area contributed by atoms with Crippen molar-refractivity contribution in [3.63, 3.8) is 0 Å². The third kappa shape index (κ3) is 2.93. The first kappa shape index (κ1) is 18.1. The summed E-state index contributed by atoms with van der Waals surface area (Å²) in [5, 5.41) is 17.7. The summed E-state index contributed by atoms with van der Waals surface area (Å²) >= 11 is 0. The molecule has 1 aliphatic heterocycles. The maximum absolute atomic E-state index is 13.4. The molecule has 0 radical (unpaired) electrons. The smallest absolute Gasteiger partial charge is 0.273 e. The predicted octanol–water partition coefficient (Wildman–Crippen LogP) is 4.23. The van der Waals surface area contributed by atoms with Crippen molar-refractivity contribution in [2.75, 3.05) is 0 Å². The molecule has 148 valence electrons. The number of nitrogens with one attached hydrogen (secondary N) is 1. The van der Waals surface area contributed by atoms with Crippen LogP contribution in [0.15, 0.2) is 73.1 Å². The van der Waals surface area contributed by atoms with Gasteiger partial charge in [0.15, 0.2) is 0 Å². The summed E-state index contributed by atoms with van der Waals surface area (Å²) in [6, 6.07) is 18.7. The van der Waals surface area contributed by atoms with Gasteiger partial charge >= 0.3 is 0 Å². The number of hydrogen-bond donors (Lipinski definition) is 2. The zero-order chi connectivity index (χ0) is 20.7. The highest BCUT2D eigenvalue weighted by atomic mass is 16.3. The molecule has 3 heterocycles. The van der Waals surface area contributed by atoms with E-state index in [9.17, 15) is 9.90 Å². The van der Waals surface area contributed by atoms with Crippen molar-refractivity contribution in [2.45, 2.75) is 19.5 Å². The minimum Gasteiger partial charge on any atom is -0.507 e. The third-order valence-corrected chi connectivity index (χ3v) is 5.49. The maximum Gasteiger partial charge on any atom is 0.273 e. The first-order valence-electron chi connectivity index (χ1n) is 9.76. The number of aromatic nitrogens is 3. The van der Waals surface area contributed by atoms with Crippen molar-refractivity contribution in [1.29, 1.82) is 0 Å². The van der Waals surface area contributed by atoms with Crippen LogP contribution in [0.3, 0.4) is 0 Å². The number of hydrogen-bond acceptors (Lipinski definition) is 4. The van der Waals surface area contributed by atoms with Gasteiger partial charge in [-0.3, -0.25) is 14.9 Å². The molecule has 0 aliphatic carbocycles. The van der Waals surface area contributed by atoms with Gasteiger partial charge in [0.1, 0.15) is 17.1 Å². The number of fused-ring (bicyclic) bond motifs is 1. The van der Waals surface area contributed by atoms with Crippen molar-refractivity contribution in [3.8, 4) is 17.0 Å². The number of para-hydroxylation sites is 1. The lowest BCUT2D eigenvalue weighted by molar-refractivity contribution is 0.0730. The Bertz CT molecular complexity index is 1220. The van der Waals surface area contributed by atoms with Gasteiger partial charge in [0.25, 0.3) is 5.91 Å². The summed E-state index contributed by atoms with van der Waals surface area (Å²) < 4.78 is 0. The van der Waals surface area contributed by atoms with Crippen LogP contribution in [0.5, 0.6) is 5.75 Å². The molecular formula is C24H20N4O2. The zero-order valence-electron chi connectivity index (χ0n) is 16.4. The van der Waals surface area contributed by atoms with Crippen molar-refractivity contribution < 1.29 is 9.90 Å². The van der Waals surface area contributed by atoms with Gasteiger partial charge in [0.2, 0.25) is 0 Å². The van der Waals surface area contributed by atoms with E-state index in [1.807, 2.05) is 60.4 Å². The second-order valence-corrected chi connectivity index (χ2v) is 7.49. The third-order valence-electron chi connectivity index (χ3n) is 5.49.